The Balaban J connectivity index is 1.50. The summed E-state index contributed by atoms with van der Waals surface area (Å²) in [5.74, 6) is 0.926. The normalized spacial score (nSPS) is 10.5. The lowest BCUT2D eigenvalue weighted by Crippen LogP contribution is -2.13. The van der Waals surface area contributed by atoms with Gasteiger partial charge in [0.1, 0.15) is 11.5 Å². The molecule has 0 aliphatic heterocycles. The van der Waals surface area contributed by atoms with Crippen LogP contribution in [0.1, 0.15) is 10.4 Å². The van der Waals surface area contributed by atoms with Crippen molar-refractivity contribution in [2.24, 2.45) is 0 Å². The molecule has 2 heterocycles. The number of fused-ring (bicyclic) bond motifs is 1. The number of carbonyl (C=O) groups excluding carboxylic acids is 1. The van der Waals surface area contributed by atoms with Gasteiger partial charge in [0.2, 0.25) is 0 Å². The molecule has 2 aromatic carbocycles. The second-order valence-electron chi connectivity index (χ2n) is 5.73. The van der Waals surface area contributed by atoms with Gasteiger partial charge in [0.15, 0.2) is 0 Å². The van der Waals surface area contributed by atoms with Crippen LogP contribution in [0.4, 0.5) is 5.69 Å². The molecular formula is C20H14N4O3. The maximum absolute atomic E-state index is 12.4. The van der Waals surface area contributed by atoms with Crippen LogP contribution in [0.15, 0.2) is 78.1 Å². The number of benzene rings is 2. The molecule has 4 aromatic rings. The highest BCUT2D eigenvalue weighted by atomic mass is 16.5. The molecule has 2 aromatic heterocycles. The monoisotopic (exact) mass is 358 g/mol. The van der Waals surface area contributed by atoms with Gasteiger partial charge in [-0.2, -0.15) is 0 Å². The number of hydrogen-bond acceptors (Lipinski definition) is 5. The predicted octanol–water partition coefficient (Wildman–Crippen LogP) is 3.36. The van der Waals surface area contributed by atoms with E-state index in [1.54, 1.807) is 67.0 Å². The average Bonchev–Trinajstić information content (AvgIpc) is 2.70. The molecule has 1 amide bonds. The minimum absolute atomic E-state index is 0.256. The number of rotatable bonds is 4. The molecular weight excluding hydrogens is 344 g/mol. The molecule has 0 saturated carbocycles. The molecule has 0 aliphatic rings. The lowest BCUT2D eigenvalue weighted by molar-refractivity contribution is 0.102. The minimum Gasteiger partial charge on any atom is -0.456 e. The molecule has 0 aliphatic carbocycles. The Labute approximate surface area is 153 Å². The number of H-pyrrole nitrogens is 1. The quantitative estimate of drug-likeness (QED) is 0.583. The van der Waals surface area contributed by atoms with Gasteiger partial charge in [0, 0.05) is 17.4 Å². The summed E-state index contributed by atoms with van der Waals surface area (Å²) in [6.07, 6.45) is 4.62. The van der Waals surface area contributed by atoms with E-state index in [1.165, 1.54) is 6.33 Å². The number of amides is 1. The number of anilines is 1. The van der Waals surface area contributed by atoms with Gasteiger partial charge in [-0.1, -0.05) is 0 Å². The zero-order chi connectivity index (χ0) is 18.6. The first-order chi connectivity index (χ1) is 13.2. The molecule has 7 nitrogen and oxygen atoms in total. The second-order valence-corrected chi connectivity index (χ2v) is 5.73. The van der Waals surface area contributed by atoms with Crippen molar-refractivity contribution < 1.29 is 9.53 Å². The highest BCUT2D eigenvalue weighted by molar-refractivity contribution is 6.05. The van der Waals surface area contributed by atoms with Crippen molar-refractivity contribution in [3.8, 4) is 11.5 Å². The van der Waals surface area contributed by atoms with E-state index in [4.69, 9.17) is 4.74 Å². The van der Waals surface area contributed by atoms with Crippen LogP contribution < -0.4 is 15.6 Å². The van der Waals surface area contributed by atoms with Crippen molar-refractivity contribution in [3.05, 3.63) is 89.2 Å². The van der Waals surface area contributed by atoms with Crippen LogP contribution in [-0.2, 0) is 0 Å². The highest BCUT2D eigenvalue weighted by Crippen LogP contribution is 2.21. The molecule has 0 spiro atoms. The lowest BCUT2D eigenvalue weighted by Gasteiger charge is -2.08. The topological polar surface area (TPSA) is 97.0 Å². The average molecular weight is 358 g/mol. The standard InChI is InChI=1S/C20H14N4O3/c25-19(24-14-5-8-18-17(10-14)20(26)23-12-22-18)13-3-6-15(7-4-13)27-16-2-1-9-21-11-16/h1-12H,(H,24,25)(H,22,23,26). The summed E-state index contributed by atoms with van der Waals surface area (Å²) in [7, 11) is 0. The fraction of sp³-hybridized carbons (Fsp3) is 0. The number of nitrogens with one attached hydrogen (secondary N) is 2. The van der Waals surface area contributed by atoms with Crippen LogP contribution in [0.25, 0.3) is 10.9 Å². The Bertz CT molecular complexity index is 1160. The number of aromatic amines is 1. The van der Waals surface area contributed by atoms with E-state index >= 15 is 0 Å². The number of nitrogens with zero attached hydrogens (tertiary/aromatic N) is 2. The molecule has 7 heteroatoms. The van der Waals surface area contributed by atoms with E-state index in [1.807, 2.05) is 0 Å². The van der Waals surface area contributed by atoms with Crippen molar-refractivity contribution in [1.29, 1.82) is 0 Å². The molecule has 4 rings (SSSR count). The lowest BCUT2D eigenvalue weighted by atomic mass is 10.2. The summed E-state index contributed by atoms with van der Waals surface area (Å²) in [5, 5.41) is 3.19. The van der Waals surface area contributed by atoms with Gasteiger partial charge in [0.25, 0.3) is 11.5 Å². The van der Waals surface area contributed by atoms with Crippen LogP contribution in [0, 0.1) is 0 Å². The fourth-order valence-electron chi connectivity index (χ4n) is 2.57. The van der Waals surface area contributed by atoms with E-state index in [9.17, 15) is 9.59 Å². The van der Waals surface area contributed by atoms with Gasteiger partial charge in [-0.3, -0.25) is 14.6 Å². The van der Waals surface area contributed by atoms with E-state index in [2.05, 4.69) is 20.3 Å². The maximum Gasteiger partial charge on any atom is 0.258 e. The van der Waals surface area contributed by atoms with Crippen LogP contribution >= 0.6 is 0 Å². The molecule has 0 unspecified atom stereocenters. The Morgan fingerprint density at radius 1 is 1.04 bits per heavy atom. The molecule has 0 saturated heterocycles. The van der Waals surface area contributed by atoms with E-state index in [0.717, 1.165) is 0 Å². The van der Waals surface area contributed by atoms with Gasteiger partial charge in [-0.05, 0) is 54.6 Å². The first kappa shape index (κ1) is 16.5. The Morgan fingerprint density at radius 2 is 1.89 bits per heavy atom. The predicted molar refractivity (Wildman–Crippen MR) is 101 cm³/mol. The summed E-state index contributed by atoms with van der Waals surface area (Å²) < 4.78 is 5.65. The number of hydrogen-bond donors (Lipinski definition) is 2. The molecule has 0 atom stereocenters. The number of carbonyl (C=O) groups is 1. The van der Waals surface area contributed by atoms with Crippen LogP contribution in [0.5, 0.6) is 11.5 Å². The number of aromatic nitrogens is 3. The van der Waals surface area contributed by atoms with Crippen LogP contribution in [-0.4, -0.2) is 20.9 Å². The third-order valence-electron chi connectivity index (χ3n) is 3.88. The molecule has 0 bridgehead atoms. The zero-order valence-electron chi connectivity index (χ0n) is 14.0. The summed E-state index contributed by atoms with van der Waals surface area (Å²) in [6.45, 7) is 0. The van der Waals surface area contributed by atoms with Crippen LogP contribution in [0.3, 0.4) is 0 Å². The Morgan fingerprint density at radius 3 is 2.67 bits per heavy atom. The van der Waals surface area contributed by atoms with Gasteiger partial charge < -0.3 is 15.0 Å². The van der Waals surface area contributed by atoms with Gasteiger partial charge >= 0.3 is 0 Å². The molecule has 0 fully saturated rings. The van der Waals surface area contributed by atoms with E-state index in [0.29, 0.717) is 33.7 Å². The SMILES string of the molecule is O=C(Nc1ccc2nc[nH]c(=O)c2c1)c1ccc(Oc2cccnc2)cc1. The third-order valence-corrected chi connectivity index (χ3v) is 3.88. The van der Waals surface area contributed by atoms with Gasteiger partial charge in [-0.25, -0.2) is 4.98 Å². The Hall–Kier alpha value is -4.00. The molecule has 27 heavy (non-hydrogen) atoms. The van der Waals surface area contributed by atoms with Gasteiger partial charge in [-0.15, -0.1) is 0 Å². The van der Waals surface area contributed by atoms with E-state index in [-0.39, 0.29) is 11.5 Å². The van der Waals surface area contributed by atoms with Gasteiger partial charge in [0.05, 0.1) is 23.4 Å². The van der Waals surface area contributed by atoms with Crippen molar-refractivity contribution in [2.75, 3.05) is 5.32 Å². The Kier molecular flexibility index (Phi) is 4.32. The van der Waals surface area contributed by atoms with E-state index < -0.39 is 0 Å². The van der Waals surface area contributed by atoms with Crippen molar-refractivity contribution in [3.63, 3.8) is 0 Å². The first-order valence-corrected chi connectivity index (χ1v) is 8.16. The molecule has 2 N–H and O–H groups in total. The smallest absolute Gasteiger partial charge is 0.258 e. The maximum atomic E-state index is 12.4. The first-order valence-electron chi connectivity index (χ1n) is 8.16. The van der Waals surface area contributed by atoms with Crippen molar-refractivity contribution in [1.82, 2.24) is 15.0 Å². The molecule has 0 radical (unpaired) electrons. The summed E-state index contributed by atoms with van der Waals surface area (Å²) in [4.78, 5) is 34.9. The van der Waals surface area contributed by atoms with Crippen LogP contribution in [0.2, 0.25) is 0 Å². The second kappa shape index (κ2) is 7.09. The zero-order valence-corrected chi connectivity index (χ0v) is 14.0. The largest absolute Gasteiger partial charge is 0.456 e. The highest BCUT2D eigenvalue weighted by Gasteiger charge is 2.08. The number of pyridine rings is 1. The third kappa shape index (κ3) is 3.67. The summed E-state index contributed by atoms with van der Waals surface area (Å²) in [5.41, 5.74) is 1.29. The van der Waals surface area contributed by atoms with Crippen molar-refractivity contribution in [2.45, 2.75) is 0 Å². The summed E-state index contributed by atoms with van der Waals surface area (Å²) >= 11 is 0. The fourth-order valence-corrected chi connectivity index (χ4v) is 2.57. The number of ether oxygens (including phenoxy) is 1. The molecule has 132 valence electrons. The summed E-state index contributed by atoms with van der Waals surface area (Å²) in [6, 6.07) is 15.3. The minimum atomic E-state index is -0.289. The van der Waals surface area contributed by atoms with Crippen molar-refractivity contribution >= 4 is 22.5 Å².